The predicted octanol–water partition coefficient (Wildman–Crippen LogP) is 5.29. The number of rotatable bonds is 11. The number of nitrogens with zero attached hydrogens (tertiary/aromatic N) is 1. The van der Waals surface area contributed by atoms with Crippen LogP contribution in [-0.4, -0.2) is 32.6 Å². The van der Waals surface area contributed by atoms with Crippen LogP contribution in [0, 0.1) is 11.8 Å². The Morgan fingerprint density at radius 3 is 2.46 bits per heavy atom. The molecule has 0 unspecified atom stereocenters. The highest BCUT2D eigenvalue weighted by molar-refractivity contribution is 5.45. The van der Waals surface area contributed by atoms with Crippen molar-refractivity contribution < 1.29 is 4.74 Å². The molecule has 1 aromatic rings. The van der Waals surface area contributed by atoms with Gasteiger partial charge in [-0.25, -0.2) is 0 Å². The molecule has 0 aromatic heterocycles. The number of methoxy groups -OCH3 is 1. The first-order chi connectivity index (χ1) is 11.7. The first-order valence-electron chi connectivity index (χ1n) is 9.48. The Kier molecular flexibility index (Phi) is 11.1. The van der Waals surface area contributed by atoms with Gasteiger partial charge >= 0.3 is 0 Å². The summed E-state index contributed by atoms with van der Waals surface area (Å²) in [5, 5.41) is 0. The van der Waals surface area contributed by atoms with Crippen molar-refractivity contribution in [3.8, 4) is 17.6 Å². The van der Waals surface area contributed by atoms with Crippen LogP contribution < -0.4 is 4.74 Å². The fourth-order valence-electron chi connectivity index (χ4n) is 2.76. The Hall–Kier alpha value is -1.46. The summed E-state index contributed by atoms with van der Waals surface area (Å²) in [5.74, 6) is 7.68. The number of hydrogen-bond acceptors (Lipinski definition) is 2. The van der Waals surface area contributed by atoms with E-state index in [1.54, 1.807) is 7.11 Å². The second-order valence-electron chi connectivity index (χ2n) is 6.75. The van der Waals surface area contributed by atoms with E-state index in [4.69, 9.17) is 4.74 Å². The van der Waals surface area contributed by atoms with Gasteiger partial charge in [-0.05, 0) is 63.7 Å². The third-order valence-electron chi connectivity index (χ3n) is 4.24. The van der Waals surface area contributed by atoms with Crippen LogP contribution in [0.25, 0.3) is 0 Å². The SMILES string of the molecule is CCCCCCCCC#Cc1ccc(OC)cc1CCCN(C)C. The van der Waals surface area contributed by atoms with Crippen molar-refractivity contribution in [2.24, 2.45) is 0 Å². The van der Waals surface area contributed by atoms with E-state index in [9.17, 15) is 0 Å². The van der Waals surface area contributed by atoms with Gasteiger partial charge < -0.3 is 9.64 Å². The number of aryl methyl sites for hydroxylation is 1. The van der Waals surface area contributed by atoms with Crippen LogP contribution in [0.5, 0.6) is 5.75 Å². The molecule has 0 atom stereocenters. The van der Waals surface area contributed by atoms with Crippen LogP contribution in [-0.2, 0) is 6.42 Å². The lowest BCUT2D eigenvalue weighted by atomic mass is 10.0. The molecule has 0 amide bonds. The molecule has 0 radical (unpaired) electrons. The monoisotopic (exact) mass is 329 g/mol. The fraction of sp³-hybridized carbons (Fsp3) is 0.636. The number of hydrogen-bond donors (Lipinski definition) is 0. The zero-order valence-electron chi connectivity index (χ0n) is 16.2. The van der Waals surface area contributed by atoms with Crippen LogP contribution in [0.3, 0.4) is 0 Å². The molecule has 2 heteroatoms. The fourth-order valence-corrected chi connectivity index (χ4v) is 2.76. The molecule has 0 fully saturated rings. The van der Waals surface area contributed by atoms with Crippen LogP contribution in [0.1, 0.15) is 69.4 Å². The predicted molar refractivity (Wildman–Crippen MR) is 105 cm³/mol. The van der Waals surface area contributed by atoms with Crippen molar-refractivity contribution in [2.75, 3.05) is 27.7 Å². The summed E-state index contributed by atoms with van der Waals surface area (Å²) in [6, 6.07) is 6.27. The highest BCUT2D eigenvalue weighted by atomic mass is 16.5. The van der Waals surface area contributed by atoms with Gasteiger partial charge in [-0.1, -0.05) is 50.9 Å². The molecule has 0 aliphatic heterocycles. The van der Waals surface area contributed by atoms with Gasteiger partial charge in [0.1, 0.15) is 5.75 Å². The Bertz CT molecular complexity index is 510. The van der Waals surface area contributed by atoms with Gasteiger partial charge in [0.05, 0.1) is 7.11 Å². The molecule has 0 N–H and O–H groups in total. The summed E-state index contributed by atoms with van der Waals surface area (Å²) in [6.45, 7) is 3.36. The number of benzene rings is 1. The minimum absolute atomic E-state index is 0.927. The van der Waals surface area contributed by atoms with Crippen molar-refractivity contribution in [3.05, 3.63) is 29.3 Å². The molecular formula is C22H35NO. The van der Waals surface area contributed by atoms with Crippen molar-refractivity contribution in [1.29, 1.82) is 0 Å². The maximum absolute atomic E-state index is 5.37. The summed E-state index contributed by atoms with van der Waals surface area (Å²) < 4.78 is 5.37. The highest BCUT2D eigenvalue weighted by Gasteiger charge is 2.03. The van der Waals surface area contributed by atoms with E-state index in [0.29, 0.717) is 0 Å². The topological polar surface area (TPSA) is 12.5 Å². The summed E-state index contributed by atoms with van der Waals surface area (Å²) in [7, 11) is 5.96. The molecule has 24 heavy (non-hydrogen) atoms. The zero-order valence-corrected chi connectivity index (χ0v) is 16.2. The van der Waals surface area contributed by atoms with Crippen LogP contribution in [0.4, 0.5) is 0 Å². The lowest BCUT2D eigenvalue weighted by Gasteiger charge is -2.11. The first kappa shape index (κ1) is 20.6. The van der Waals surface area contributed by atoms with E-state index in [0.717, 1.165) is 31.6 Å². The molecule has 1 aromatic carbocycles. The third kappa shape index (κ3) is 8.99. The summed E-state index contributed by atoms with van der Waals surface area (Å²) >= 11 is 0. The summed E-state index contributed by atoms with van der Waals surface area (Å²) in [6.07, 6.45) is 11.2. The highest BCUT2D eigenvalue weighted by Crippen LogP contribution is 2.19. The lowest BCUT2D eigenvalue weighted by Crippen LogP contribution is -2.13. The molecule has 0 saturated carbocycles. The average Bonchev–Trinajstić information content (AvgIpc) is 2.57. The number of unbranched alkanes of at least 4 members (excludes halogenated alkanes) is 6. The largest absolute Gasteiger partial charge is 0.497 e. The van der Waals surface area contributed by atoms with Gasteiger partial charge in [-0.15, -0.1) is 0 Å². The van der Waals surface area contributed by atoms with Crippen molar-refractivity contribution in [2.45, 2.75) is 64.7 Å². The standard InChI is InChI=1S/C22H35NO/c1-5-6-7-8-9-10-11-12-14-20-16-17-22(24-4)19-21(20)15-13-18-23(2)3/h16-17,19H,5-11,13,15,18H2,1-4H3. The second-order valence-corrected chi connectivity index (χ2v) is 6.75. The van der Waals surface area contributed by atoms with E-state index in [-0.39, 0.29) is 0 Å². The van der Waals surface area contributed by atoms with Crippen LogP contribution in [0.2, 0.25) is 0 Å². The minimum atomic E-state index is 0.927. The molecule has 0 saturated heterocycles. The Morgan fingerprint density at radius 1 is 1.00 bits per heavy atom. The summed E-state index contributed by atoms with van der Waals surface area (Å²) in [4.78, 5) is 2.23. The zero-order chi connectivity index (χ0) is 17.6. The Labute approximate surface area is 149 Å². The molecule has 0 spiro atoms. The lowest BCUT2D eigenvalue weighted by molar-refractivity contribution is 0.399. The van der Waals surface area contributed by atoms with Crippen molar-refractivity contribution >= 4 is 0 Å². The van der Waals surface area contributed by atoms with Crippen molar-refractivity contribution in [3.63, 3.8) is 0 Å². The smallest absolute Gasteiger partial charge is 0.119 e. The van der Waals surface area contributed by atoms with E-state index in [2.05, 4.69) is 49.9 Å². The van der Waals surface area contributed by atoms with E-state index >= 15 is 0 Å². The first-order valence-corrected chi connectivity index (χ1v) is 9.48. The maximum Gasteiger partial charge on any atom is 0.119 e. The summed E-state index contributed by atoms with van der Waals surface area (Å²) in [5.41, 5.74) is 2.48. The quantitative estimate of drug-likeness (QED) is 0.404. The third-order valence-corrected chi connectivity index (χ3v) is 4.24. The maximum atomic E-state index is 5.37. The molecule has 0 aliphatic carbocycles. The molecule has 0 aliphatic rings. The molecule has 1 rings (SSSR count). The van der Waals surface area contributed by atoms with Gasteiger partial charge in [-0.3, -0.25) is 0 Å². The Morgan fingerprint density at radius 2 is 1.75 bits per heavy atom. The second kappa shape index (κ2) is 12.9. The molecule has 0 bridgehead atoms. The minimum Gasteiger partial charge on any atom is -0.497 e. The van der Waals surface area contributed by atoms with Gasteiger partial charge in [0.15, 0.2) is 0 Å². The van der Waals surface area contributed by atoms with E-state index in [1.165, 1.54) is 49.7 Å². The van der Waals surface area contributed by atoms with Gasteiger partial charge in [0.2, 0.25) is 0 Å². The molecule has 2 nitrogen and oxygen atoms in total. The average molecular weight is 330 g/mol. The van der Waals surface area contributed by atoms with Crippen LogP contribution in [0.15, 0.2) is 18.2 Å². The van der Waals surface area contributed by atoms with E-state index in [1.807, 2.05) is 6.07 Å². The van der Waals surface area contributed by atoms with Gasteiger partial charge in [0, 0.05) is 12.0 Å². The molecule has 134 valence electrons. The van der Waals surface area contributed by atoms with Crippen LogP contribution >= 0.6 is 0 Å². The van der Waals surface area contributed by atoms with Gasteiger partial charge in [-0.2, -0.15) is 0 Å². The van der Waals surface area contributed by atoms with E-state index < -0.39 is 0 Å². The Balaban J connectivity index is 2.52. The number of ether oxygens (including phenoxy) is 1. The molecule has 0 heterocycles. The normalized spacial score (nSPS) is 10.5. The van der Waals surface area contributed by atoms with Crippen molar-refractivity contribution in [1.82, 2.24) is 4.90 Å². The van der Waals surface area contributed by atoms with Gasteiger partial charge in [0.25, 0.3) is 0 Å². The molecular weight excluding hydrogens is 294 g/mol.